The fourth-order valence-electron chi connectivity index (χ4n) is 0.998. The number of hydrogen-bond donors (Lipinski definition) is 0. The molecular formula is C13H21NO2S. The van der Waals surface area contributed by atoms with Crippen LogP contribution in [0, 0.1) is 11.8 Å². The van der Waals surface area contributed by atoms with E-state index in [4.69, 9.17) is 4.74 Å². The third kappa shape index (κ3) is 7.22. The van der Waals surface area contributed by atoms with Gasteiger partial charge in [-0.05, 0) is 33.1 Å². The van der Waals surface area contributed by atoms with Gasteiger partial charge in [0.1, 0.15) is 0 Å². The summed E-state index contributed by atoms with van der Waals surface area (Å²) in [6.07, 6.45) is 3.46. The number of carbonyl (C=O) groups excluding carboxylic acids is 1. The summed E-state index contributed by atoms with van der Waals surface area (Å²) in [6, 6.07) is 0. The highest BCUT2D eigenvalue weighted by Gasteiger charge is 2.20. The van der Waals surface area contributed by atoms with Gasteiger partial charge in [-0.1, -0.05) is 23.8 Å². The first-order valence-electron chi connectivity index (χ1n) is 5.45. The largest absolute Gasteiger partial charge is 0.376 e. The summed E-state index contributed by atoms with van der Waals surface area (Å²) in [4.78, 5) is 13.2. The van der Waals surface area contributed by atoms with Crippen LogP contribution in [0.1, 0.15) is 13.8 Å². The molecular weight excluding hydrogens is 234 g/mol. The lowest BCUT2D eigenvalue weighted by atomic mass is 10.0. The van der Waals surface area contributed by atoms with Crippen molar-refractivity contribution >= 4 is 16.9 Å². The molecule has 0 aliphatic carbocycles. The summed E-state index contributed by atoms with van der Waals surface area (Å²) in [6.45, 7) is 9.51. The Labute approximate surface area is 109 Å². The van der Waals surface area contributed by atoms with Crippen LogP contribution < -0.4 is 0 Å². The fraction of sp³-hybridized carbons (Fsp3) is 0.615. The Morgan fingerprint density at radius 1 is 1.59 bits per heavy atom. The van der Waals surface area contributed by atoms with Crippen molar-refractivity contribution in [2.24, 2.45) is 0 Å². The molecule has 96 valence electrons. The van der Waals surface area contributed by atoms with Crippen LogP contribution >= 0.6 is 11.8 Å². The first kappa shape index (κ1) is 16.2. The number of thioether (sulfide) groups is 1. The molecule has 0 spiro atoms. The van der Waals surface area contributed by atoms with Crippen molar-refractivity contribution in [2.75, 3.05) is 33.1 Å². The molecule has 0 aromatic carbocycles. The van der Waals surface area contributed by atoms with Gasteiger partial charge in [0.05, 0.1) is 18.8 Å². The quantitative estimate of drug-likeness (QED) is 0.411. The van der Waals surface area contributed by atoms with Crippen LogP contribution in [-0.4, -0.2) is 48.6 Å². The minimum absolute atomic E-state index is 0.102. The molecule has 0 radical (unpaired) electrons. The SMILES string of the molecule is C=CCOCCN(C)C(C)(C)C#CC(=O)SC. The molecule has 0 amide bonds. The molecule has 0 aromatic heterocycles. The molecule has 0 bridgehead atoms. The Morgan fingerprint density at radius 2 is 2.24 bits per heavy atom. The minimum Gasteiger partial charge on any atom is -0.376 e. The van der Waals surface area contributed by atoms with Gasteiger partial charge >= 0.3 is 0 Å². The Hall–Kier alpha value is -0.760. The third-order valence-corrected chi connectivity index (χ3v) is 2.89. The zero-order chi connectivity index (χ0) is 13.3. The predicted octanol–water partition coefficient (Wildman–Crippen LogP) is 1.79. The van der Waals surface area contributed by atoms with Crippen LogP contribution in [0.15, 0.2) is 12.7 Å². The van der Waals surface area contributed by atoms with Crippen molar-refractivity contribution in [3.8, 4) is 11.8 Å². The first-order valence-corrected chi connectivity index (χ1v) is 6.67. The molecule has 4 heteroatoms. The molecule has 0 aromatic rings. The van der Waals surface area contributed by atoms with E-state index in [1.165, 1.54) is 0 Å². The van der Waals surface area contributed by atoms with Crippen molar-refractivity contribution < 1.29 is 9.53 Å². The van der Waals surface area contributed by atoms with E-state index in [2.05, 4.69) is 23.3 Å². The van der Waals surface area contributed by atoms with Gasteiger partial charge < -0.3 is 4.74 Å². The average Bonchev–Trinajstić information content (AvgIpc) is 2.31. The molecule has 0 aliphatic heterocycles. The molecule has 0 N–H and O–H groups in total. The molecule has 3 nitrogen and oxygen atoms in total. The Balaban J connectivity index is 4.22. The molecule has 0 fully saturated rings. The highest BCUT2D eigenvalue weighted by molar-refractivity contribution is 8.13. The van der Waals surface area contributed by atoms with Gasteiger partial charge in [0, 0.05) is 6.54 Å². The van der Waals surface area contributed by atoms with Crippen LogP contribution in [0.5, 0.6) is 0 Å². The molecule has 0 aliphatic rings. The van der Waals surface area contributed by atoms with Gasteiger partial charge in [-0.15, -0.1) is 6.58 Å². The lowest BCUT2D eigenvalue weighted by Gasteiger charge is -2.30. The maximum atomic E-state index is 11.1. The predicted molar refractivity (Wildman–Crippen MR) is 74.0 cm³/mol. The van der Waals surface area contributed by atoms with Crippen molar-refractivity contribution in [3.63, 3.8) is 0 Å². The van der Waals surface area contributed by atoms with E-state index >= 15 is 0 Å². The molecule has 0 saturated carbocycles. The second kappa shape index (κ2) is 8.35. The molecule has 0 atom stereocenters. The minimum atomic E-state index is -0.330. The Bertz CT molecular complexity index is 315. The van der Waals surface area contributed by atoms with Gasteiger partial charge in [0.25, 0.3) is 5.12 Å². The van der Waals surface area contributed by atoms with E-state index in [0.717, 1.165) is 18.3 Å². The maximum Gasteiger partial charge on any atom is 0.262 e. The van der Waals surface area contributed by atoms with Crippen LogP contribution in [-0.2, 0) is 9.53 Å². The summed E-state index contributed by atoms with van der Waals surface area (Å²) in [5.41, 5.74) is -0.330. The van der Waals surface area contributed by atoms with Crippen molar-refractivity contribution in [2.45, 2.75) is 19.4 Å². The number of rotatable bonds is 6. The van der Waals surface area contributed by atoms with Crippen molar-refractivity contribution in [1.29, 1.82) is 0 Å². The summed E-state index contributed by atoms with van der Waals surface area (Å²) >= 11 is 1.13. The lowest BCUT2D eigenvalue weighted by molar-refractivity contribution is -0.106. The van der Waals surface area contributed by atoms with E-state index in [1.807, 2.05) is 20.9 Å². The van der Waals surface area contributed by atoms with E-state index in [0.29, 0.717) is 13.2 Å². The summed E-state index contributed by atoms with van der Waals surface area (Å²) < 4.78 is 5.32. The number of ether oxygens (including phenoxy) is 1. The Morgan fingerprint density at radius 3 is 2.76 bits per heavy atom. The van der Waals surface area contributed by atoms with Gasteiger partial charge in [0.2, 0.25) is 0 Å². The van der Waals surface area contributed by atoms with Gasteiger partial charge in [-0.3, -0.25) is 9.69 Å². The smallest absolute Gasteiger partial charge is 0.262 e. The van der Waals surface area contributed by atoms with Crippen molar-refractivity contribution in [3.05, 3.63) is 12.7 Å². The second-order valence-electron chi connectivity index (χ2n) is 4.09. The topological polar surface area (TPSA) is 29.5 Å². The normalized spacial score (nSPS) is 10.9. The standard InChI is InChI=1S/C13H21NO2S/c1-6-10-16-11-9-14(4)13(2,3)8-7-12(15)17-5/h6H,1,9-11H2,2-5H3. The third-order valence-electron chi connectivity index (χ3n) is 2.42. The lowest BCUT2D eigenvalue weighted by Crippen LogP contribution is -2.41. The van der Waals surface area contributed by atoms with Crippen LogP contribution in [0.25, 0.3) is 0 Å². The van der Waals surface area contributed by atoms with Crippen molar-refractivity contribution in [1.82, 2.24) is 4.90 Å². The average molecular weight is 255 g/mol. The van der Waals surface area contributed by atoms with Gasteiger partial charge in [-0.2, -0.15) is 0 Å². The van der Waals surface area contributed by atoms with Crippen LogP contribution in [0.2, 0.25) is 0 Å². The van der Waals surface area contributed by atoms with E-state index in [1.54, 1.807) is 12.3 Å². The summed E-state index contributed by atoms with van der Waals surface area (Å²) in [7, 11) is 1.97. The number of carbonyl (C=O) groups is 1. The Kier molecular flexibility index (Phi) is 7.98. The molecule has 0 unspecified atom stereocenters. The number of likely N-dealkylation sites (N-methyl/N-ethyl adjacent to an activating group) is 1. The number of nitrogens with zero attached hydrogens (tertiary/aromatic N) is 1. The fourth-order valence-corrected chi connectivity index (χ4v) is 1.15. The molecule has 17 heavy (non-hydrogen) atoms. The molecule has 0 rings (SSSR count). The highest BCUT2D eigenvalue weighted by Crippen LogP contribution is 2.10. The monoisotopic (exact) mass is 255 g/mol. The van der Waals surface area contributed by atoms with Gasteiger partial charge in [-0.25, -0.2) is 0 Å². The first-order chi connectivity index (χ1) is 7.94. The zero-order valence-electron chi connectivity index (χ0n) is 11.1. The van der Waals surface area contributed by atoms with E-state index < -0.39 is 0 Å². The molecule has 0 saturated heterocycles. The van der Waals surface area contributed by atoms with Crippen LogP contribution in [0.4, 0.5) is 0 Å². The maximum absolute atomic E-state index is 11.1. The van der Waals surface area contributed by atoms with E-state index in [-0.39, 0.29) is 10.7 Å². The highest BCUT2D eigenvalue weighted by atomic mass is 32.2. The summed E-state index contributed by atoms with van der Waals surface area (Å²) in [5, 5.41) is -0.102. The summed E-state index contributed by atoms with van der Waals surface area (Å²) in [5.74, 6) is 5.61. The van der Waals surface area contributed by atoms with E-state index in [9.17, 15) is 4.79 Å². The zero-order valence-corrected chi connectivity index (χ0v) is 11.9. The van der Waals surface area contributed by atoms with Crippen LogP contribution in [0.3, 0.4) is 0 Å². The van der Waals surface area contributed by atoms with Gasteiger partial charge in [0.15, 0.2) is 0 Å². The number of hydrogen-bond acceptors (Lipinski definition) is 4. The second-order valence-corrected chi connectivity index (χ2v) is 4.86. The molecule has 0 heterocycles.